The number of aliphatic hydroxyl groups excluding tert-OH is 7. The second-order valence-corrected chi connectivity index (χ2v) is 19.0. The van der Waals surface area contributed by atoms with Gasteiger partial charge in [-0.05, 0) is 81.1 Å². The minimum Gasteiger partial charge on any atom is -0.458 e. The Balaban J connectivity index is 0.797. The molecule has 59 heavy (non-hydrogen) atoms. The number of cyclic esters (lactones) is 1. The number of rotatable bonds is 10. The van der Waals surface area contributed by atoms with Crippen LogP contribution in [0.4, 0.5) is 0 Å². The number of aliphatic hydroxyl groups is 7. The normalized spacial score (nSPS) is 54.3. The highest BCUT2D eigenvalue weighted by Crippen LogP contribution is 2.80. The first-order valence-corrected chi connectivity index (χ1v) is 21.5. The zero-order chi connectivity index (χ0) is 41.8. The van der Waals surface area contributed by atoms with Gasteiger partial charge in [-0.1, -0.05) is 19.9 Å². The summed E-state index contributed by atoms with van der Waals surface area (Å²) in [6, 6.07) is 0. The van der Waals surface area contributed by atoms with E-state index < -0.39 is 99.2 Å². The van der Waals surface area contributed by atoms with E-state index in [1.54, 1.807) is 13.2 Å². The Bertz CT molecular complexity index is 1660. The number of fused-ring (bicyclic) bond motifs is 2. The van der Waals surface area contributed by atoms with Crippen LogP contribution in [0.25, 0.3) is 0 Å². The standard InChI is InChI=1S/C42H62O17/c1-19-36(58-38-35(50)33(48)31(46)26(57-38)18-53-37-34(49)32(47)30(45)25(16-43)56-37)24(51-4)15-29(54-19)55-22-6-9-39(2)21(14-22)5-11-41-27(39)8-10-40(3)23(7-12-42(40,41)59-41)20-13-28(44)52-17-20/h7,13,19,21-22,24-27,29-38,43,45-50H,5-6,8-12,14-18H2,1-4H3/t19?,21?,22?,24?,25?,26?,27?,29?,30?,31?,32?,33?,34?,35?,36?,37?,38?,39-,40+,41-,42+/m0/s1. The number of epoxide rings is 1. The monoisotopic (exact) mass is 838 g/mol. The van der Waals surface area contributed by atoms with Crippen molar-refractivity contribution in [1.82, 2.24) is 0 Å². The molecule has 7 N–H and O–H groups in total. The largest absolute Gasteiger partial charge is 0.458 e. The summed E-state index contributed by atoms with van der Waals surface area (Å²) < 4.78 is 54.4. The van der Waals surface area contributed by atoms with E-state index in [1.165, 1.54) is 5.57 Å². The lowest BCUT2D eigenvalue weighted by Gasteiger charge is -2.58. The lowest BCUT2D eigenvalue weighted by atomic mass is 9.44. The summed E-state index contributed by atoms with van der Waals surface area (Å²) in [4.78, 5) is 12.0. The lowest BCUT2D eigenvalue weighted by Crippen LogP contribution is -2.63. The maximum atomic E-state index is 12.0. The van der Waals surface area contributed by atoms with E-state index in [-0.39, 0.29) is 34.1 Å². The average Bonchev–Trinajstić information content (AvgIpc) is 3.53. The summed E-state index contributed by atoms with van der Waals surface area (Å²) in [6.07, 6.45) is -5.56. The summed E-state index contributed by atoms with van der Waals surface area (Å²) in [6.45, 7) is 5.85. The third-order valence-electron chi connectivity index (χ3n) is 16.2. The second kappa shape index (κ2) is 15.6. The van der Waals surface area contributed by atoms with Crippen LogP contribution >= 0.6 is 0 Å². The third-order valence-corrected chi connectivity index (χ3v) is 16.2. The van der Waals surface area contributed by atoms with E-state index in [9.17, 15) is 40.5 Å². The summed E-state index contributed by atoms with van der Waals surface area (Å²) in [5.41, 5.74) is 1.87. The number of carbonyl (C=O) groups excluding carboxylic acids is 1. The quantitative estimate of drug-likeness (QED) is 0.0861. The van der Waals surface area contributed by atoms with Crippen molar-refractivity contribution in [3.8, 4) is 0 Å². The third kappa shape index (κ3) is 6.64. The van der Waals surface area contributed by atoms with Crippen LogP contribution in [0.15, 0.2) is 23.3 Å². The van der Waals surface area contributed by atoms with Crippen LogP contribution in [0.3, 0.4) is 0 Å². The summed E-state index contributed by atoms with van der Waals surface area (Å²) in [5.74, 6) is 0.660. The van der Waals surface area contributed by atoms with Crippen LogP contribution in [0.5, 0.6) is 0 Å². The van der Waals surface area contributed by atoms with E-state index >= 15 is 0 Å². The maximum Gasteiger partial charge on any atom is 0.331 e. The molecule has 4 saturated heterocycles. The Morgan fingerprint density at radius 3 is 2.27 bits per heavy atom. The van der Waals surface area contributed by atoms with Crippen molar-refractivity contribution in [1.29, 1.82) is 0 Å². The Hall–Kier alpha value is -1.65. The van der Waals surface area contributed by atoms with Gasteiger partial charge in [-0.2, -0.15) is 0 Å². The van der Waals surface area contributed by atoms with Crippen LogP contribution in [0.1, 0.15) is 78.6 Å². The van der Waals surface area contributed by atoms with Crippen molar-refractivity contribution in [2.75, 3.05) is 26.9 Å². The average molecular weight is 839 g/mol. The molecule has 0 radical (unpaired) electrons. The molecule has 332 valence electrons. The Labute approximate surface area is 343 Å². The molecule has 4 aliphatic carbocycles. The summed E-state index contributed by atoms with van der Waals surface area (Å²) in [7, 11) is 1.55. The molecule has 5 aliphatic heterocycles. The molecule has 3 saturated carbocycles. The van der Waals surface area contributed by atoms with Crippen LogP contribution in [0.2, 0.25) is 0 Å². The molecule has 0 bridgehead atoms. The van der Waals surface area contributed by atoms with Gasteiger partial charge in [0.05, 0.1) is 31.5 Å². The first kappa shape index (κ1) is 42.6. The fourth-order valence-corrected chi connectivity index (χ4v) is 12.9. The Morgan fingerprint density at radius 1 is 0.831 bits per heavy atom. The van der Waals surface area contributed by atoms with E-state index in [0.29, 0.717) is 24.9 Å². The van der Waals surface area contributed by atoms with Crippen molar-refractivity contribution < 1.29 is 83.2 Å². The van der Waals surface area contributed by atoms with Gasteiger partial charge < -0.3 is 78.4 Å². The van der Waals surface area contributed by atoms with Crippen LogP contribution < -0.4 is 0 Å². The topological polar surface area (TPSA) is 245 Å². The van der Waals surface area contributed by atoms with Gasteiger partial charge in [0, 0.05) is 30.6 Å². The number of hydrogen-bond donors (Lipinski definition) is 7. The van der Waals surface area contributed by atoms with Gasteiger partial charge >= 0.3 is 5.97 Å². The number of ether oxygens (including phenoxy) is 9. The van der Waals surface area contributed by atoms with Gasteiger partial charge in [0.15, 0.2) is 18.9 Å². The molecule has 17 nitrogen and oxygen atoms in total. The lowest BCUT2D eigenvalue weighted by molar-refractivity contribution is -0.355. The fraction of sp³-hybridized carbons (Fsp3) is 0.881. The highest BCUT2D eigenvalue weighted by molar-refractivity contribution is 5.87. The molecular weight excluding hydrogens is 776 g/mol. The van der Waals surface area contributed by atoms with Crippen LogP contribution in [-0.2, 0) is 47.4 Å². The minimum atomic E-state index is -1.69. The van der Waals surface area contributed by atoms with Crippen molar-refractivity contribution >= 4 is 5.97 Å². The molecular formula is C42H62O17. The minimum absolute atomic E-state index is 0.00610. The van der Waals surface area contributed by atoms with Gasteiger partial charge in [0.1, 0.15) is 72.7 Å². The number of carbonyl (C=O) groups is 1. The molecule has 0 amide bonds. The first-order chi connectivity index (χ1) is 28.1. The molecule has 7 fully saturated rings. The molecule has 9 aliphatic rings. The predicted octanol–water partition coefficient (Wildman–Crippen LogP) is -0.132. The molecule has 17 heteroatoms. The molecule has 21 atom stereocenters. The molecule has 5 heterocycles. The zero-order valence-corrected chi connectivity index (χ0v) is 34.2. The fourth-order valence-electron chi connectivity index (χ4n) is 12.9. The highest BCUT2D eigenvalue weighted by Gasteiger charge is 2.85. The molecule has 2 spiro atoms. The number of hydrogen-bond acceptors (Lipinski definition) is 17. The maximum absolute atomic E-state index is 12.0. The summed E-state index contributed by atoms with van der Waals surface area (Å²) in [5, 5.41) is 72.4. The van der Waals surface area contributed by atoms with Crippen molar-refractivity contribution in [2.24, 2.45) is 22.7 Å². The molecule has 0 aromatic rings. The smallest absolute Gasteiger partial charge is 0.331 e. The van der Waals surface area contributed by atoms with Crippen molar-refractivity contribution in [3.05, 3.63) is 23.3 Å². The van der Waals surface area contributed by atoms with Gasteiger partial charge in [-0.3, -0.25) is 0 Å². The van der Waals surface area contributed by atoms with Gasteiger partial charge in [0.2, 0.25) is 0 Å². The second-order valence-electron chi connectivity index (χ2n) is 19.0. The molecule has 9 rings (SSSR count). The van der Waals surface area contributed by atoms with E-state index in [4.69, 9.17) is 42.6 Å². The van der Waals surface area contributed by atoms with Crippen LogP contribution in [0, 0.1) is 22.7 Å². The Morgan fingerprint density at radius 2 is 1.56 bits per heavy atom. The molecule has 0 aromatic heterocycles. The predicted molar refractivity (Wildman–Crippen MR) is 200 cm³/mol. The SMILES string of the molecule is COC1CC(OC2CC[C@@]3(C)C(CC[C@@]45O[C@@]46CC=C(C4=CC(=O)OC4)[C@@]6(C)CCC35)C2)OC(C)C1OC1OC(COC2OC(CO)C(O)C(O)C2O)C(O)C(O)C1O. The zero-order valence-electron chi connectivity index (χ0n) is 34.2. The van der Waals surface area contributed by atoms with Crippen molar-refractivity contribution in [2.45, 2.75) is 182 Å². The number of esters is 1. The first-order valence-electron chi connectivity index (χ1n) is 21.5. The molecule has 17 unspecified atom stereocenters. The van der Waals surface area contributed by atoms with Gasteiger partial charge in [-0.25, -0.2) is 4.79 Å². The highest BCUT2D eigenvalue weighted by atomic mass is 16.8. The van der Waals surface area contributed by atoms with Crippen molar-refractivity contribution in [3.63, 3.8) is 0 Å². The van der Waals surface area contributed by atoms with Gasteiger partial charge in [0.25, 0.3) is 0 Å². The van der Waals surface area contributed by atoms with Crippen LogP contribution in [-0.4, -0.2) is 172 Å². The van der Waals surface area contributed by atoms with Gasteiger partial charge in [-0.15, -0.1) is 0 Å². The Kier molecular flexibility index (Phi) is 11.2. The summed E-state index contributed by atoms with van der Waals surface area (Å²) >= 11 is 0. The van der Waals surface area contributed by atoms with E-state index in [2.05, 4.69) is 19.9 Å². The molecule has 0 aromatic carbocycles. The van der Waals surface area contributed by atoms with E-state index in [1.807, 2.05) is 6.92 Å². The number of methoxy groups -OCH3 is 1. The van der Waals surface area contributed by atoms with E-state index in [0.717, 1.165) is 56.9 Å².